The molecule has 0 amide bonds. The molecule has 0 unspecified atom stereocenters. The first-order valence-corrected chi connectivity index (χ1v) is 6.54. The van der Waals surface area contributed by atoms with Gasteiger partial charge in [0.25, 0.3) is 0 Å². The fourth-order valence-corrected chi connectivity index (χ4v) is 2.27. The van der Waals surface area contributed by atoms with Gasteiger partial charge in [-0.05, 0) is 32.1 Å². The van der Waals surface area contributed by atoms with Crippen molar-refractivity contribution in [1.82, 2.24) is 10.2 Å². The molecule has 3 heteroatoms. The van der Waals surface area contributed by atoms with Gasteiger partial charge < -0.3 is 10.2 Å². The van der Waals surface area contributed by atoms with Crippen molar-refractivity contribution >= 4 is 11.3 Å². The molecule has 1 aromatic heterocycles. The zero-order valence-corrected chi connectivity index (χ0v) is 10.9. The van der Waals surface area contributed by atoms with Crippen molar-refractivity contribution in [2.75, 3.05) is 26.7 Å². The Balaban J connectivity index is 2.14. The van der Waals surface area contributed by atoms with Crippen molar-refractivity contribution in [3.63, 3.8) is 0 Å². The second-order valence-corrected chi connectivity index (χ2v) is 5.05. The lowest BCUT2D eigenvalue weighted by Gasteiger charge is -2.13. The molecule has 1 N–H and O–H groups in total. The summed E-state index contributed by atoms with van der Waals surface area (Å²) in [5.41, 5.74) is 0. The molecule has 1 aromatic rings. The van der Waals surface area contributed by atoms with Gasteiger partial charge in [-0.1, -0.05) is 13.8 Å². The molecule has 0 saturated carbocycles. The highest BCUT2D eigenvalue weighted by Gasteiger charge is 1.98. The maximum atomic E-state index is 3.47. The molecule has 0 atom stereocenters. The monoisotopic (exact) mass is 226 g/mol. The third kappa shape index (κ3) is 4.78. The number of nitrogens with zero attached hydrogens (tertiary/aromatic N) is 1. The lowest BCUT2D eigenvalue weighted by molar-refractivity contribution is 0.349. The lowest BCUT2D eigenvalue weighted by atomic mass is 10.3. The summed E-state index contributed by atoms with van der Waals surface area (Å²) < 4.78 is 0. The van der Waals surface area contributed by atoms with E-state index >= 15 is 0 Å². The van der Waals surface area contributed by atoms with E-state index in [4.69, 9.17) is 0 Å². The van der Waals surface area contributed by atoms with Crippen LogP contribution in [0.25, 0.3) is 0 Å². The van der Waals surface area contributed by atoms with Crippen molar-refractivity contribution in [3.8, 4) is 0 Å². The van der Waals surface area contributed by atoms with E-state index in [1.165, 1.54) is 9.75 Å². The standard InChI is InChI=1S/C12H22N2S/c1-4-11-6-7-12(15-11)10-13-8-9-14(3)5-2/h6-7,13H,4-5,8-10H2,1-3H3. The second-order valence-electron chi connectivity index (χ2n) is 3.79. The van der Waals surface area contributed by atoms with Crippen LogP contribution in [0, 0.1) is 0 Å². The zero-order chi connectivity index (χ0) is 11.1. The number of nitrogens with one attached hydrogen (secondary N) is 1. The Morgan fingerprint density at radius 1 is 1.27 bits per heavy atom. The first-order chi connectivity index (χ1) is 7.26. The quantitative estimate of drug-likeness (QED) is 0.718. The highest BCUT2D eigenvalue weighted by molar-refractivity contribution is 7.11. The Labute approximate surface area is 97.3 Å². The van der Waals surface area contributed by atoms with E-state index in [1.54, 1.807) is 0 Å². The van der Waals surface area contributed by atoms with E-state index in [1.807, 2.05) is 11.3 Å². The molecule has 0 aromatic carbocycles. The summed E-state index contributed by atoms with van der Waals surface area (Å²) in [5.74, 6) is 0. The smallest absolute Gasteiger partial charge is 0.0300 e. The van der Waals surface area contributed by atoms with Gasteiger partial charge in [0.05, 0.1) is 0 Å². The highest BCUT2D eigenvalue weighted by atomic mass is 32.1. The van der Waals surface area contributed by atoms with Gasteiger partial charge in [-0.15, -0.1) is 11.3 Å². The van der Waals surface area contributed by atoms with Gasteiger partial charge in [0.15, 0.2) is 0 Å². The molecule has 0 aliphatic carbocycles. The fourth-order valence-electron chi connectivity index (χ4n) is 1.35. The molecule has 2 nitrogen and oxygen atoms in total. The fraction of sp³-hybridized carbons (Fsp3) is 0.667. The van der Waals surface area contributed by atoms with Crippen LogP contribution in [0.2, 0.25) is 0 Å². The van der Waals surface area contributed by atoms with Gasteiger partial charge in [0.2, 0.25) is 0 Å². The zero-order valence-electron chi connectivity index (χ0n) is 10.0. The number of hydrogen-bond donors (Lipinski definition) is 1. The van der Waals surface area contributed by atoms with Crippen LogP contribution in [0.4, 0.5) is 0 Å². The van der Waals surface area contributed by atoms with Crippen LogP contribution in [0.3, 0.4) is 0 Å². The first kappa shape index (κ1) is 12.7. The number of hydrogen-bond acceptors (Lipinski definition) is 3. The van der Waals surface area contributed by atoms with Crippen molar-refractivity contribution < 1.29 is 0 Å². The topological polar surface area (TPSA) is 15.3 Å². The summed E-state index contributed by atoms with van der Waals surface area (Å²) in [6.07, 6.45) is 1.16. The maximum absolute atomic E-state index is 3.47. The Bertz CT molecular complexity index is 270. The minimum Gasteiger partial charge on any atom is -0.311 e. The van der Waals surface area contributed by atoms with Gasteiger partial charge in [0.1, 0.15) is 0 Å². The van der Waals surface area contributed by atoms with Crippen molar-refractivity contribution in [3.05, 3.63) is 21.9 Å². The molecule has 1 rings (SSSR count). The van der Waals surface area contributed by atoms with Crippen LogP contribution in [0.1, 0.15) is 23.6 Å². The van der Waals surface area contributed by atoms with Crippen LogP contribution in [-0.2, 0) is 13.0 Å². The van der Waals surface area contributed by atoms with Crippen LogP contribution in [0.5, 0.6) is 0 Å². The summed E-state index contributed by atoms with van der Waals surface area (Å²) in [4.78, 5) is 5.25. The molecule has 0 spiro atoms. The summed E-state index contributed by atoms with van der Waals surface area (Å²) in [5, 5.41) is 3.47. The van der Waals surface area contributed by atoms with E-state index in [-0.39, 0.29) is 0 Å². The summed E-state index contributed by atoms with van der Waals surface area (Å²) >= 11 is 1.92. The third-order valence-corrected chi connectivity index (χ3v) is 3.80. The third-order valence-electron chi connectivity index (χ3n) is 2.58. The summed E-state index contributed by atoms with van der Waals surface area (Å²) in [6.45, 7) is 8.74. The summed E-state index contributed by atoms with van der Waals surface area (Å²) in [7, 11) is 2.15. The molecule has 1 heterocycles. The molecule has 0 saturated heterocycles. The molecule has 15 heavy (non-hydrogen) atoms. The largest absolute Gasteiger partial charge is 0.311 e. The molecule has 86 valence electrons. The van der Waals surface area contributed by atoms with Crippen LogP contribution in [-0.4, -0.2) is 31.6 Å². The maximum Gasteiger partial charge on any atom is 0.0300 e. The molecular formula is C12H22N2S. The van der Waals surface area contributed by atoms with Gasteiger partial charge in [-0.25, -0.2) is 0 Å². The van der Waals surface area contributed by atoms with Crippen LogP contribution in [0.15, 0.2) is 12.1 Å². The average molecular weight is 226 g/mol. The lowest BCUT2D eigenvalue weighted by Crippen LogP contribution is -2.28. The minimum absolute atomic E-state index is 1.02. The van der Waals surface area contributed by atoms with Crippen molar-refractivity contribution in [1.29, 1.82) is 0 Å². The minimum atomic E-state index is 1.02. The van der Waals surface area contributed by atoms with Gasteiger partial charge >= 0.3 is 0 Å². The normalized spacial score (nSPS) is 11.2. The molecular weight excluding hydrogens is 204 g/mol. The van der Waals surface area contributed by atoms with Gasteiger partial charge in [-0.3, -0.25) is 0 Å². The van der Waals surface area contributed by atoms with E-state index < -0.39 is 0 Å². The molecule has 0 radical (unpaired) electrons. The van der Waals surface area contributed by atoms with Gasteiger partial charge in [-0.2, -0.15) is 0 Å². The molecule has 0 fully saturated rings. The Morgan fingerprint density at radius 2 is 2.00 bits per heavy atom. The first-order valence-electron chi connectivity index (χ1n) is 5.73. The van der Waals surface area contributed by atoms with Crippen LogP contribution < -0.4 is 5.32 Å². The average Bonchev–Trinajstić information content (AvgIpc) is 2.72. The predicted octanol–water partition coefficient (Wildman–Crippen LogP) is 2.35. The van der Waals surface area contributed by atoms with E-state index in [2.05, 4.69) is 43.2 Å². The highest BCUT2D eigenvalue weighted by Crippen LogP contribution is 2.16. The Hall–Kier alpha value is -0.380. The number of thiophene rings is 1. The SMILES string of the molecule is CCc1ccc(CNCCN(C)CC)s1. The Kier molecular flexibility index (Phi) is 5.91. The predicted molar refractivity (Wildman–Crippen MR) is 68.6 cm³/mol. The molecule has 0 aliphatic rings. The van der Waals surface area contributed by atoms with Crippen LogP contribution >= 0.6 is 11.3 Å². The van der Waals surface area contributed by atoms with Gasteiger partial charge in [0, 0.05) is 29.4 Å². The Morgan fingerprint density at radius 3 is 2.60 bits per heavy atom. The van der Waals surface area contributed by atoms with Crippen molar-refractivity contribution in [2.24, 2.45) is 0 Å². The number of likely N-dealkylation sites (N-methyl/N-ethyl adjacent to an activating group) is 1. The van der Waals surface area contributed by atoms with E-state index in [0.717, 1.165) is 32.6 Å². The summed E-state index contributed by atoms with van der Waals surface area (Å²) in [6, 6.07) is 4.47. The van der Waals surface area contributed by atoms with Crippen molar-refractivity contribution in [2.45, 2.75) is 26.8 Å². The molecule has 0 aliphatic heterocycles. The van der Waals surface area contributed by atoms with E-state index in [0.29, 0.717) is 0 Å². The number of rotatable bonds is 7. The number of aryl methyl sites for hydroxylation is 1. The van der Waals surface area contributed by atoms with E-state index in [9.17, 15) is 0 Å². The molecule has 0 bridgehead atoms. The second kappa shape index (κ2) is 6.99.